The molecule has 0 bridgehead atoms. The third kappa shape index (κ3) is 11.7. The van der Waals surface area contributed by atoms with Crippen molar-refractivity contribution in [1.29, 1.82) is 0 Å². The summed E-state index contributed by atoms with van der Waals surface area (Å²) >= 11 is 0. The molecule has 0 saturated carbocycles. The molecule has 0 fully saturated rings. The van der Waals surface area contributed by atoms with Crippen LogP contribution in [0.3, 0.4) is 0 Å². The van der Waals surface area contributed by atoms with E-state index in [9.17, 15) is 4.79 Å². The van der Waals surface area contributed by atoms with E-state index in [4.69, 9.17) is 18.9 Å². The molecule has 2 aromatic rings. The third-order valence-corrected chi connectivity index (χ3v) is 3.82. The Bertz CT molecular complexity index is 655. The van der Waals surface area contributed by atoms with Crippen LogP contribution in [0.15, 0.2) is 60.7 Å². The van der Waals surface area contributed by atoms with Crippen molar-refractivity contribution in [2.45, 2.75) is 6.61 Å². The first-order valence-corrected chi connectivity index (χ1v) is 9.81. The van der Waals surface area contributed by atoms with Crippen molar-refractivity contribution in [2.75, 3.05) is 58.0 Å². The maximum absolute atomic E-state index is 11.5. The monoisotopic (exact) mass is 402 g/mol. The fraction of sp³-hybridized carbons (Fsp3) is 0.409. The van der Waals surface area contributed by atoms with Gasteiger partial charge in [0.15, 0.2) is 0 Å². The SMILES string of the molecule is O=C(NCCOCCOCCOCCNc1ccccc1)OCc1ccccc1. The number of rotatable bonds is 15. The summed E-state index contributed by atoms with van der Waals surface area (Å²) in [5, 5.41) is 5.92. The number of nitrogens with one attached hydrogen (secondary N) is 2. The van der Waals surface area contributed by atoms with Crippen molar-refractivity contribution >= 4 is 11.8 Å². The molecule has 0 aliphatic carbocycles. The van der Waals surface area contributed by atoms with Crippen molar-refractivity contribution < 1.29 is 23.7 Å². The number of amides is 1. The predicted octanol–water partition coefficient (Wildman–Crippen LogP) is 3.07. The van der Waals surface area contributed by atoms with Crippen LogP contribution in [-0.4, -0.2) is 58.8 Å². The van der Waals surface area contributed by atoms with Crippen LogP contribution in [0.2, 0.25) is 0 Å². The zero-order valence-electron chi connectivity index (χ0n) is 16.7. The number of anilines is 1. The van der Waals surface area contributed by atoms with Crippen LogP contribution in [0.4, 0.5) is 10.5 Å². The number of ether oxygens (including phenoxy) is 4. The molecule has 1 amide bonds. The second-order valence-electron chi connectivity index (χ2n) is 6.12. The highest BCUT2D eigenvalue weighted by Crippen LogP contribution is 2.03. The maximum Gasteiger partial charge on any atom is 0.407 e. The molecule has 0 aliphatic heterocycles. The van der Waals surface area contributed by atoms with Gasteiger partial charge in [-0.2, -0.15) is 0 Å². The number of benzene rings is 2. The lowest BCUT2D eigenvalue weighted by Gasteiger charge is -2.09. The molecule has 0 spiro atoms. The van der Waals surface area contributed by atoms with E-state index in [2.05, 4.69) is 10.6 Å². The Morgan fingerprint density at radius 3 is 1.90 bits per heavy atom. The van der Waals surface area contributed by atoms with Gasteiger partial charge in [-0.1, -0.05) is 48.5 Å². The van der Waals surface area contributed by atoms with Crippen LogP contribution >= 0.6 is 0 Å². The number of hydrogen-bond acceptors (Lipinski definition) is 6. The van der Waals surface area contributed by atoms with Crippen molar-refractivity contribution in [1.82, 2.24) is 5.32 Å². The molecule has 0 radical (unpaired) electrons. The molecule has 0 aromatic heterocycles. The number of alkyl carbamates (subject to hydrolysis) is 1. The van der Waals surface area contributed by atoms with Crippen LogP contribution in [0.25, 0.3) is 0 Å². The Kier molecular flexibility index (Phi) is 12.0. The van der Waals surface area contributed by atoms with Crippen molar-refractivity contribution in [3.8, 4) is 0 Å². The Balaban J connectivity index is 1.30. The molecule has 0 unspecified atom stereocenters. The number of carbonyl (C=O) groups is 1. The van der Waals surface area contributed by atoms with Gasteiger partial charge in [0.1, 0.15) is 6.61 Å². The van der Waals surface area contributed by atoms with Crippen molar-refractivity contribution in [2.24, 2.45) is 0 Å². The first kappa shape index (κ1) is 22.7. The normalized spacial score (nSPS) is 10.5. The molecule has 0 heterocycles. The fourth-order valence-corrected chi connectivity index (χ4v) is 2.36. The number of carbonyl (C=O) groups excluding carboxylic acids is 1. The quantitative estimate of drug-likeness (QED) is 0.446. The Labute approximate surface area is 172 Å². The molecular formula is C22H30N2O5. The summed E-state index contributed by atoms with van der Waals surface area (Å²) in [5.41, 5.74) is 2.04. The molecule has 0 atom stereocenters. The zero-order chi connectivity index (χ0) is 20.4. The topological polar surface area (TPSA) is 78.1 Å². The van der Waals surface area contributed by atoms with Crippen LogP contribution in [0, 0.1) is 0 Å². The highest BCUT2D eigenvalue weighted by Gasteiger charge is 2.01. The number of para-hydroxylation sites is 1. The lowest BCUT2D eigenvalue weighted by atomic mass is 10.2. The van der Waals surface area contributed by atoms with Gasteiger partial charge in [-0.25, -0.2) is 4.79 Å². The molecule has 0 aliphatic rings. The summed E-state index contributed by atoms with van der Waals surface area (Å²) in [5.74, 6) is 0. The van der Waals surface area contributed by atoms with Gasteiger partial charge in [-0.3, -0.25) is 0 Å². The minimum absolute atomic E-state index is 0.256. The van der Waals surface area contributed by atoms with Crippen molar-refractivity contribution in [3.63, 3.8) is 0 Å². The van der Waals surface area contributed by atoms with Crippen LogP contribution in [-0.2, 0) is 25.6 Å². The van der Waals surface area contributed by atoms with Gasteiger partial charge in [0.2, 0.25) is 0 Å². The van der Waals surface area contributed by atoms with Gasteiger partial charge in [0.25, 0.3) is 0 Å². The van der Waals surface area contributed by atoms with E-state index in [0.29, 0.717) is 46.2 Å². The standard InChI is InChI=1S/C22H30N2O5/c25-22(29-19-20-7-3-1-4-8-20)24-12-14-27-16-18-28-17-15-26-13-11-23-21-9-5-2-6-10-21/h1-10,23H,11-19H2,(H,24,25). The Morgan fingerprint density at radius 1 is 0.690 bits per heavy atom. The third-order valence-electron chi connectivity index (χ3n) is 3.82. The minimum Gasteiger partial charge on any atom is -0.445 e. The summed E-state index contributed by atoms with van der Waals surface area (Å²) in [6.07, 6.45) is -0.451. The van der Waals surface area contributed by atoms with Gasteiger partial charge in [-0.05, 0) is 17.7 Å². The van der Waals surface area contributed by atoms with Crippen LogP contribution < -0.4 is 10.6 Å². The lowest BCUT2D eigenvalue weighted by molar-refractivity contribution is 0.0169. The summed E-state index contributed by atoms with van der Waals surface area (Å²) < 4.78 is 21.4. The second kappa shape index (κ2) is 15.3. The molecule has 158 valence electrons. The molecule has 2 N–H and O–H groups in total. The molecular weight excluding hydrogens is 372 g/mol. The smallest absolute Gasteiger partial charge is 0.407 e. The highest BCUT2D eigenvalue weighted by atomic mass is 16.6. The largest absolute Gasteiger partial charge is 0.445 e. The summed E-state index contributed by atoms with van der Waals surface area (Å²) in [6.45, 7) is 4.47. The highest BCUT2D eigenvalue weighted by molar-refractivity contribution is 5.67. The van der Waals surface area contributed by atoms with Gasteiger partial charge < -0.3 is 29.6 Å². The van der Waals surface area contributed by atoms with Crippen LogP contribution in [0.5, 0.6) is 0 Å². The van der Waals surface area contributed by atoms with Gasteiger partial charge in [0, 0.05) is 18.8 Å². The molecule has 7 heteroatoms. The van der Waals surface area contributed by atoms with E-state index in [-0.39, 0.29) is 6.61 Å². The van der Waals surface area contributed by atoms with Crippen LogP contribution in [0.1, 0.15) is 5.56 Å². The van der Waals surface area contributed by atoms with E-state index in [1.807, 2.05) is 60.7 Å². The molecule has 2 rings (SSSR count). The first-order valence-electron chi connectivity index (χ1n) is 9.81. The van der Waals surface area contributed by atoms with Gasteiger partial charge in [-0.15, -0.1) is 0 Å². The molecule has 7 nitrogen and oxygen atoms in total. The minimum atomic E-state index is -0.451. The zero-order valence-corrected chi connectivity index (χ0v) is 16.7. The maximum atomic E-state index is 11.5. The van der Waals surface area contributed by atoms with E-state index < -0.39 is 6.09 Å². The fourth-order valence-electron chi connectivity index (χ4n) is 2.36. The Hall–Kier alpha value is -2.61. The average molecular weight is 402 g/mol. The van der Waals surface area contributed by atoms with E-state index in [0.717, 1.165) is 17.8 Å². The van der Waals surface area contributed by atoms with Crippen molar-refractivity contribution in [3.05, 3.63) is 66.2 Å². The average Bonchev–Trinajstić information content (AvgIpc) is 2.77. The summed E-state index contributed by atoms with van der Waals surface area (Å²) in [4.78, 5) is 11.5. The van der Waals surface area contributed by atoms with E-state index in [1.165, 1.54) is 0 Å². The lowest BCUT2D eigenvalue weighted by Crippen LogP contribution is -2.28. The summed E-state index contributed by atoms with van der Waals surface area (Å²) in [7, 11) is 0. The summed E-state index contributed by atoms with van der Waals surface area (Å²) in [6, 6.07) is 19.6. The molecule has 29 heavy (non-hydrogen) atoms. The van der Waals surface area contributed by atoms with Gasteiger partial charge in [0.05, 0.1) is 39.6 Å². The van der Waals surface area contributed by atoms with E-state index in [1.54, 1.807) is 0 Å². The molecule has 0 saturated heterocycles. The first-order chi connectivity index (χ1) is 14.3. The van der Waals surface area contributed by atoms with Gasteiger partial charge >= 0.3 is 6.09 Å². The van der Waals surface area contributed by atoms with E-state index >= 15 is 0 Å². The predicted molar refractivity (Wildman–Crippen MR) is 112 cm³/mol. The molecule has 2 aromatic carbocycles. The second-order valence-corrected chi connectivity index (χ2v) is 6.12. The Morgan fingerprint density at radius 2 is 1.24 bits per heavy atom. The number of hydrogen-bond donors (Lipinski definition) is 2.